The minimum absolute atomic E-state index is 0.0766. The first-order valence-electron chi connectivity index (χ1n) is 13.5. The number of ether oxygens (including phenoxy) is 1. The van der Waals surface area contributed by atoms with Gasteiger partial charge in [0.15, 0.2) is 5.11 Å². The van der Waals surface area contributed by atoms with Crippen LogP contribution in [-0.4, -0.2) is 45.1 Å². The van der Waals surface area contributed by atoms with Gasteiger partial charge in [0, 0.05) is 41.9 Å². The van der Waals surface area contributed by atoms with E-state index in [1.807, 2.05) is 74.5 Å². The van der Waals surface area contributed by atoms with Crippen molar-refractivity contribution in [1.82, 2.24) is 19.8 Å². The number of carbonyl (C=O) groups excluding carboxylic acids is 2. The molecule has 2 aromatic heterocycles. The van der Waals surface area contributed by atoms with Gasteiger partial charge in [-0.1, -0.05) is 30.3 Å². The van der Waals surface area contributed by atoms with Crippen LogP contribution in [0.1, 0.15) is 57.1 Å². The number of methoxy groups -OCH3 is 1. The average Bonchev–Trinajstić information content (AvgIpc) is 3.47. The van der Waals surface area contributed by atoms with Gasteiger partial charge in [-0.05, 0) is 86.6 Å². The van der Waals surface area contributed by atoms with Crippen molar-refractivity contribution in [3.8, 4) is 5.69 Å². The molecule has 3 heterocycles. The van der Waals surface area contributed by atoms with Gasteiger partial charge in [-0.25, -0.2) is 4.79 Å². The van der Waals surface area contributed by atoms with Gasteiger partial charge >= 0.3 is 5.97 Å². The van der Waals surface area contributed by atoms with Gasteiger partial charge in [-0.3, -0.25) is 9.78 Å². The van der Waals surface area contributed by atoms with E-state index in [0.29, 0.717) is 17.2 Å². The van der Waals surface area contributed by atoms with E-state index < -0.39 is 0 Å². The van der Waals surface area contributed by atoms with Crippen molar-refractivity contribution < 1.29 is 14.3 Å². The quantitative estimate of drug-likeness (QED) is 0.212. The number of pyridine rings is 1. The van der Waals surface area contributed by atoms with Crippen molar-refractivity contribution >= 4 is 34.9 Å². The van der Waals surface area contributed by atoms with Crippen molar-refractivity contribution in [1.29, 1.82) is 0 Å². The number of thiocarbonyl (C=S) groups is 1. The molecule has 2 atom stereocenters. The summed E-state index contributed by atoms with van der Waals surface area (Å²) in [7, 11) is 1.38. The molecular formula is C32H33N5O3S. The molecule has 1 aliphatic rings. The highest BCUT2D eigenvalue weighted by atomic mass is 32.1. The van der Waals surface area contributed by atoms with Gasteiger partial charge in [-0.2, -0.15) is 0 Å². The fourth-order valence-electron chi connectivity index (χ4n) is 5.51. The van der Waals surface area contributed by atoms with E-state index in [1.54, 1.807) is 12.3 Å². The summed E-state index contributed by atoms with van der Waals surface area (Å²) in [5, 5.41) is 7.08. The van der Waals surface area contributed by atoms with Crippen LogP contribution in [0.15, 0.2) is 79.0 Å². The SMILES string of the molecule is COC(=O)c1cccc(-n2c(C)cc([C@@H]3[C@@H](c4ccccn4)NC(=S)N3CCC(=O)Nc3ccccc3C)c2C)c1. The summed E-state index contributed by atoms with van der Waals surface area (Å²) < 4.78 is 7.06. The number of nitrogens with one attached hydrogen (secondary N) is 2. The predicted octanol–water partition coefficient (Wildman–Crippen LogP) is 5.59. The Morgan fingerprint density at radius 3 is 2.54 bits per heavy atom. The number of hydrogen-bond donors (Lipinski definition) is 2. The van der Waals surface area contributed by atoms with Crippen LogP contribution in [-0.2, 0) is 9.53 Å². The maximum atomic E-state index is 13.0. The highest BCUT2D eigenvalue weighted by molar-refractivity contribution is 7.80. The molecule has 41 heavy (non-hydrogen) atoms. The Labute approximate surface area is 245 Å². The molecule has 210 valence electrons. The third-order valence-electron chi connectivity index (χ3n) is 7.51. The first-order valence-corrected chi connectivity index (χ1v) is 13.9. The van der Waals surface area contributed by atoms with E-state index in [1.165, 1.54) is 7.11 Å². The minimum atomic E-state index is -0.384. The topological polar surface area (TPSA) is 88.5 Å². The molecule has 1 aliphatic heterocycles. The zero-order chi connectivity index (χ0) is 29.1. The zero-order valence-electron chi connectivity index (χ0n) is 23.5. The van der Waals surface area contributed by atoms with Crippen LogP contribution in [0.3, 0.4) is 0 Å². The van der Waals surface area contributed by atoms with Crippen molar-refractivity contribution in [3.05, 3.63) is 113 Å². The molecule has 1 amide bonds. The van der Waals surface area contributed by atoms with Crippen LogP contribution in [0, 0.1) is 20.8 Å². The first-order chi connectivity index (χ1) is 19.8. The lowest BCUT2D eigenvalue weighted by atomic mass is 9.96. The molecule has 1 saturated heterocycles. The number of para-hydroxylation sites is 1. The van der Waals surface area contributed by atoms with Crippen LogP contribution < -0.4 is 10.6 Å². The Kier molecular flexibility index (Phi) is 8.16. The largest absolute Gasteiger partial charge is 0.465 e. The Balaban J connectivity index is 1.49. The molecule has 0 spiro atoms. The first kappa shape index (κ1) is 28.0. The monoisotopic (exact) mass is 567 g/mol. The van der Waals surface area contributed by atoms with Crippen molar-refractivity contribution in [2.75, 3.05) is 19.0 Å². The molecule has 1 fully saturated rings. The maximum absolute atomic E-state index is 13.0. The second-order valence-electron chi connectivity index (χ2n) is 10.1. The molecule has 0 unspecified atom stereocenters. The normalized spacial score (nSPS) is 16.4. The molecule has 0 radical (unpaired) electrons. The predicted molar refractivity (Wildman–Crippen MR) is 163 cm³/mol. The number of hydrogen-bond acceptors (Lipinski definition) is 5. The Bertz CT molecular complexity index is 1600. The van der Waals surface area contributed by atoms with Crippen LogP contribution in [0.5, 0.6) is 0 Å². The lowest BCUT2D eigenvalue weighted by molar-refractivity contribution is -0.116. The summed E-state index contributed by atoms with van der Waals surface area (Å²) in [6.45, 7) is 6.50. The van der Waals surface area contributed by atoms with Crippen molar-refractivity contribution in [2.45, 2.75) is 39.3 Å². The summed E-state index contributed by atoms with van der Waals surface area (Å²) >= 11 is 5.83. The highest BCUT2D eigenvalue weighted by Gasteiger charge is 2.41. The maximum Gasteiger partial charge on any atom is 0.337 e. The second-order valence-corrected chi connectivity index (χ2v) is 10.5. The molecule has 5 rings (SSSR count). The minimum Gasteiger partial charge on any atom is -0.465 e. The van der Waals surface area contributed by atoms with Gasteiger partial charge in [0.25, 0.3) is 0 Å². The molecule has 2 aromatic carbocycles. The summed E-state index contributed by atoms with van der Waals surface area (Å²) in [6.07, 6.45) is 2.04. The van der Waals surface area contributed by atoms with Crippen LogP contribution in [0.4, 0.5) is 5.69 Å². The van der Waals surface area contributed by atoms with Gasteiger partial charge < -0.3 is 24.8 Å². The van der Waals surface area contributed by atoms with E-state index in [4.69, 9.17) is 17.0 Å². The number of rotatable bonds is 8. The van der Waals surface area contributed by atoms with Crippen molar-refractivity contribution in [3.63, 3.8) is 0 Å². The number of amides is 1. The highest BCUT2D eigenvalue weighted by Crippen LogP contribution is 2.41. The molecule has 2 N–H and O–H groups in total. The number of esters is 1. The lowest BCUT2D eigenvalue weighted by Crippen LogP contribution is -2.33. The summed E-state index contributed by atoms with van der Waals surface area (Å²) in [5.74, 6) is -0.461. The van der Waals surface area contributed by atoms with E-state index in [0.717, 1.165) is 39.6 Å². The van der Waals surface area contributed by atoms with Crippen LogP contribution >= 0.6 is 12.2 Å². The van der Waals surface area contributed by atoms with Gasteiger partial charge in [0.1, 0.15) is 0 Å². The Morgan fingerprint density at radius 1 is 1.02 bits per heavy atom. The summed E-state index contributed by atoms with van der Waals surface area (Å²) in [6, 6.07) is 22.7. The van der Waals surface area contributed by atoms with Crippen LogP contribution in [0.2, 0.25) is 0 Å². The zero-order valence-corrected chi connectivity index (χ0v) is 24.4. The molecular weight excluding hydrogens is 534 g/mol. The van der Waals surface area contributed by atoms with E-state index in [2.05, 4.69) is 38.1 Å². The van der Waals surface area contributed by atoms with E-state index >= 15 is 0 Å². The molecule has 0 aliphatic carbocycles. The second kappa shape index (κ2) is 11.9. The summed E-state index contributed by atoms with van der Waals surface area (Å²) in [4.78, 5) is 31.9. The molecule has 8 nitrogen and oxygen atoms in total. The molecule has 0 bridgehead atoms. The van der Waals surface area contributed by atoms with E-state index in [9.17, 15) is 9.59 Å². The van der Waals surface area contributed by atoms with Gasteiger partial charge in [0.2, 0.25) is 5.91 Å². The molecule has 0 saturated carbocycles. The Morgan fingerprint density at radius 2 is 1.80 bits per heavy atom. The molecule has 4 aromatic rings. The number of anilines is 1. The Hall–Kier alpha value is -4.50. The standard InChI is InChI=1S/C32H33N5O3S/c1-20-10-5-6-13-26(20)34-28(38)15-17-36-30(29(35-32(36)41)27-14-7-8-16-33-27)25-18-21(2)37(22(25)3)24-12-9-11-23(19-24)31(39)40-4/h5-14,16,18-19,29-30H,15,17H2,1-4H3,(H,34,38)(H,35,41)/t29-,30-/m1/s1. The smallest absolute Gasteiger partial charge is 0.337 e. The van der Waals surface area contributed by atoms with Gasteiger partial charge in [0.05, 0.1) is 30.5 Å². The number of carbonyl (C=O) groups is 2. The third-order valence-corrected chi connectivity index (χ3v) is 7.86. The number of nitrogens with zero attached hydrogens (tertiary/aromatic N) is 3. The summed E-state index contributed by atoms with van der Waals surface area (Å²) in [5.41, 5.74) is 7.11. The number of benzene rings is 2. The van der Waals surface area contributed by atoms with Gasteiger partial charge in [-0.15, -0.1) is 0 Å². The lowest BCUT2D eigenvalue weighted by Gasteiger charge is -2.28. The van der Waals surface area contributed by atoms with E-state index in [-0.39, 0.29) is 30.4 Å². The fraction of sp³-hybridized carbons (Fsp3) is 0.250. The van der Waals surface area contributed by atoms with Crippen molar-refractivity contribution in [2.24, 2.45) is 0 Å². The van der Waals surface area contributed by atoms with Crippen LogP contribution in [0.25, 0.3) is 5.69 Å². The fourth-order valence-corrected chi connectivity index (χ4v) is 5.84. The number of aromatic nitrogens is 2. The number of aryl methyl sites for hydroxylation is 2. The third kappa shape index (κ3) is 5.71. The molecule has 9 heteroatoms. The average molecular weight is 568 g/mol.